The molecule has 9 saturated heterocycles. The molecule has 0 unspecified atom stereocenters. The summed E-state index contributed by atoms with van der Waals surface area (Å²) in [5.41, 5.74) is 0. The van der Waals surface area contributed by atoms with Gasteiger partial charge in [-0.1, -0.05) is 0 Å². The summed E-state index contributed by atoms with van der Waals surface area (Å²) < 4.78 is 99.8. The number of nitrogens with one attached hydrogen (secondary N) is 4. The zero-order valence-corrected chi connectivity index (χ0v) is 59.9. The lowest BCUT2D eigenvalue weighted by atomic mass is 9.94. The number of hydrogen-bond acceptors (Lipinski definition) is 45. The number of rotatable bonds is 28. The molecule has 49 nitrogen and oxygen atoms in total. The van der Waals surface area contributed by atoms with Crippen LogP contribution in [0.2, 0.25) is 0 Å². The number of hydrogen-bond donors (Lipinski definition) is 28. The van der Waals surface area contributed by atoms with Crippen molar-refractivity contribution >= 4 is 23.6 Å². The molecule has 49 heteroatoms. The molecule has 9 fully saturated rings. The van der Waals surface area contributed by atoms with E-state index in [0.29, 0.717) is 0 Å². The molecule has 9 aliphatic rings. The SMILES string of the molecule is CC(=O)N[C@@H]1[C@@H](O)[C@H](O[C@@H]2O[C@H](CO)[C@@H](O[C@@H]3O[C@H](CO[C@H]4O[C@H](CO[C@@H]5O[C@H](CO)[C@@H](O[C@@H]6O[C@H](CO)[C@H](O)[C@H](O)[C@H]6O)[C@H](O)[C@H]5NC(C)=O)[C@@H](O)[C@H](O)[C@@H]4O[C@@H]4O[C@H](CO)[C@@H](O[C@@H]5O[C@H](CO)[C@H](O)[C@H](O)[C@H]5O)[C@H](O)[C@H]4NC(C)=O)[C@@H](O)[C@H](O)[C@@H]3O)[C@H](O)[C@H]2NC(C)=O)[C@@H](CO[C@@H]2O[C@@H](C)[C@@H](O)[C@@H](O)[C@@H]2O)O[C@H]1O. The predicted octanol–water partition coefficient (Wildman–Crippen LogP) is -19.0. The molecule has 0 aromatic rings. The second kappa shape index (κ2) is 39.7. The van der Waals surface area contributed by atoms with E-state index in [1.54, 1.807) is 0 Å². The number of aliphatic hydroxyl groups is 24. The fraction of sp³-hybridized carbons (Fsp3) is 0.935. The Morgan fingerprint density at radius 1 is 0.252 bits per heavy atom. The molecule has 0 saturated carbocycles. The predicted molar refractivity (Wildman–Crippen MR) is 342 cm³/mol. The molecule has 9 rings (SSSR count). The van der Waals surface area contributed by atoms with E-state index in [9.17, 15) is 142 Å². The van der Waals surface area contributed by atoms with Gasteiger partial charge in [0, 0.05) is 27.7 Å². The van der Waals surface area contributed by atoms with Crippen LogP contribution in [0.25, 0.3) is 0 Å². The van der Waals surface area contributed by atoms with E-state index in [1.807, 2.05) is 0 Å². The van der Waals surface area contributed by atoms with Crippen LogP contribution in [0.3, 0.4) is 0 Å². The molecule has 111 heavy (non-hydrogen) atoms. The third-order valence-corrected chi connectivity index (χ3v) is 20.3. The summed E-state index contributed by atoms with van der Waals surface area (Å²) >= 11 is 0. The van der Waals surface area contributed by atoms with Crippen molar-refractivity contribution in [3.05, 3.63) is 0 Å². The molecule has 28 N–H and O–H groups in total. The second-order valence-electron chi connectivity index (χ2n) is 28.2. The molecule has 0 aromatic heterocycles. The van der Waals surface area contributed by atoms with Gasteiger partial charge in [-0.15, -0.1) is 0 Å². The highest BCUT2D eigenvalue weighted by Crippen LogP contribution is 2.39. The lowest BCUT2D eigenvalue weighted by Crippen LogP contribution is -2.70. The highest BCUT2D eigenvalue weighted by atomic mass is 16.8. The van der Waals surface area contributed by atoms with Crippen LogP contribution < -0.4 is 21.3 Å². The van der Waals surface area contributed by atoms with Gasteiger partial charge in [0.25, 0.3) is 0 Å². The molecule has 9 aliphatic heterocycles. The average Bonchev–Trinajstić information content (AvgIpc) is 0.777. The van der Waals surface area contributed by atoms with Crippen LogP contribution in [0.1, 0.15) is 34.6 Å². The molecule has 0 radical (unpaired) electrons. The van der Waals surface area contributed by atoms with Crippen molar-refractivity contribution in [3.8, 4) is 0 Å². The Balaban J connectivity index is 0.972. The monoisotopic (exact) mass is 1620 g/mol. The summed E-state index contributed by atoms with van der Waals surface area (Å²) in [5, 5.41) is 273. The summed E-state index contributed by atoms with van der Waals surface area (Å²) in [5.74, 6) is -3.51. The van der Waals surface area contributed by atoms with Gasteiger partial charge in [0.05, 0.1) is 59.0 Å². The molecule has 9 heterocycles. The fourth-order valence-corrected chi connectivity index (χ4v) is 14.2. The standard InChI is InChI=1S/C62H104N4O45/c1-14-31(76)40(85)45(90)58(98-14)96-13-26-52(36(81)27(54(94)99-26)63-15(2)72)107-56-29(65-17(4)74)38(83)51(22(9-70)103-56)110-61-48(93)43(88)34(79)24(105-61)12-97-62-53(111-57-30(66-18(5)75)39(84)50(23(10-71)104-57)109-60-47(92)42(87)33(78)20(7-68)101-60)44(89)35(80)25(106-62)11-95-55-28(64-16(3)73)37(82)49(21(8-69)102-55)108-59-46(91)41(86)32(77)19(6-67)100-59/h14,19-62,67-71,76-94H,6-13H2,1-5H3,(H,63,72)(H,64,73)(H,65,74)(H,66,75)/t14-,19+,20+,21+,22+,23+,24+,25+,26+,27+,28+,29+,30+,31+,32-,33-,34+,35+,36+,37+,38+,39+,40+,41-,42-,43-,44-,45-,46+,47+,48-,49+,50+,51+,52+,53-,54+,55+,56-,57-,58+,59-,60-,61-,62-/m0/s1. The van der Waals surface area contributed by atoms with E-state index < -0.39 is 353 Å². The quantitative estimate of drug-likeness (QED) is 0.0346. The lowest BCUT2D eigenvalue weighted by molar-refractivity contribution is -0.382. The Bertz CT molecular complexity index is 2950. The van der Waals surface area contributed by atoms with Crippen molar-refractivity contribution in [2.24, 2.45) is 0 Å². The van der Waals surface area contributed by atoms with Crippen molar-refractivity contribution < 1.29 is 222 Å². The Morgan fingerprint density at radius 2 is 0.523 bits per heavy atom. The maximum atomic E-state index is 12.9. The second-order valence-corrected chi connectivity index (χ2v) is 28.2. The maximum absolute atomic E-state index is 12.9. The fourth-order valence-electron chi connectivity index (χ4n) is 14.2. The van der Waals surface area contributed by atoms with E-state index in [0.717, 1.165) is 27.7 Å². The largest absolute Gasteiger partial charge is 0.394 e. The minimum absolute atomic E-state index is 0.791. The van der Waals surface area contributed by atoms with Gasteiger partial charge in [0.2, 0.25) is 23.6 Å². The van der Waals surface area contributed by atoms with Gasteiger partial charge >= 0.3 is 0 Å². The number of amides is 4. The van der Waals surface area contributed by atoms with Crippen LogP contribution in [0, 0.1) is 0 Å². The van der Waals surface area contributed by atoms with Gasteiger partial charge in [-0.25, -0.2) is 0 Å². The Hall–Kier alpha value is -3.76. The number of ether oxygens (including phenoxy) is 17. The van der Waals surface area contributed by atoms with E-state index >= 15 is 0 Å². The highest BCUT2D eigenvalue weighted by molar-refractivity contribution is 5.74. The third kappa shape index (κ3) is 20.5. The van der Waals surface area contributed by atoms with Crippen LogP contribution >= 0.6 is 0 Å². The van der Waals surface area contributed by atoms with E-state index in [2.05, 4.69) is 21.3 Å². The summed E-state index contributed by atoms with van der Waals surface area (Å²) in [6.45, 7) is -2.83. The van der Waals surface area contributed by atoms with Gasteiger partial charge in [-0.05, 0) is 6.92 Å². The van der Waals surface area contributed by atoms with Gasteiger partial charge < -0.3 is 224 Å². The third-order valence-electron chi connectivity index (χ3n) is 20.3. The van der Waals surface area contributed by atoms with Crippen LogP contribution in [-0.2, 0) is 99.7 Å². The molecule has 0 spiro atoms. The average molecular weight is 1630 g/mol. The molecule has 642 valence electrons. The van der Waals surface area contributed by atoms with Crippen LogP contribution in [0.5, 0.6) is 0 Å². The first-order chi connectivity index (χ1) is 52.4. The van der Waals surface area contributed by atoms with Gasteiger partial charge in [-0.3, -0.25) is 19.2 Å². The number of aliphatic hydroxyl groups excluding tert-OH is 24. The molecular weight excluding hydrogens is 1520 g/mol. The minimum atomic E-state index is -2.39. The first kappa shape index (κ1) is 91.1. The Labute approximate surface area is 629 Å². The highest BCUT2D eigenvalue weighted by Gasteiger charge is 2.60. The summed E-state index contributed by atoms with van der Waals surface area (Å²) in [6.07, 6.45) is -80.4. The Kier molecular flexibility index (Phi) is 32.6. The Morgan fingerprint density at radius 3 is 0.928 bits per heavy atom. The van der Waals surface area contributed by atoms with Gasteiger partial charge in [0.1, 0.15) is 213 Å². The van der Waals surface area contributed by atoms with E-state index in [1.165, 1.54) is 6.92 Å². The zero-order chi connectivity index (χ0) is 81.8. The summed E-state index contributed by atoms with van der Waals surface area (Å²) in [4.78, 5) is 50.9. The summed E-state index contributed by atoms with van der Waals surface area (Å²) in [6, 6.07) is -7.24. The van der Waals surface area contributed by atoms with Crippen LogP contribution in [0.4, 0.5) is 0 Å². The smallest absolute Gasteiger partial charge is 0.217 e. The van der Waals surface area contributed by atoms with Gasteiger partial charge in [0.15, 0.2) is 56.6 Å². The van der Waals surface area contributed by atoms with Crippen molar-refractivity contribution in [2.75, 3.05) is 52.9 Å². The normalized spacial score (nSPS) is 49.3. The van der Waals surface area contributed by atoms with Crippen molar-refractivity contribution in [1.29, 1.82) is 0 Å². The van der Waals surface area contributed by atoms with E-state index in [-0.39, 0.29) is 0 Å². The number of carbonyl (C=O) groups is 4. The topological polar surface area (TPSA) is 759 Å². The lowest BCUT2D eigenvalue weighted by Gasteiger charge is -2.50. The first-order valence-electron chi connectivity index (χ1n) is 35.5. The number of carbonyl (C=O) groups excluding carboxylic acids is 4. The summed E-state index contributed by atoms with van der Waals surface area (Å²) in [7, 11) is 0. The van der Waals surface area contributed by atoms with Crippen molar-refractivity contribution in [3.63, 3.8) is 0 Å². The molecule has 0 aliphatic carbocycles. The minimum Gasteiger partial charge on any atom is -0.394 e. The van der Waals surface area contributed by atoms with Gasteiger partial charge in [-0.2, -0.15) is 0 Å². The molecule has 4 amide bonds. The molecule has 0 aromatic carbocycles. The molecular formula is C62H104N4O45. The maximum Gasteiger partial charge on any atom is 0.217 e. The first-order valence-corrected chi connectivity index (χ1v) is 35.5. The van der Waals surface area contributed by atoms with Crippen molar-refractivity contribution in [2.45, 2.75) is 311 Å². The molecule has 45 atom stereocenters. The molecule has 0 bridgehead atoms. The zero-order valence-electron chi connectivity index (χ0n) is 59.9. The van der Waals surface area contributed by atoms with Crippen molar-refractivity contribution in [1.82, 2.24) is 21.3 Å². The van der Waals surface area contributed by atoms with Crippen LogP contribution in [0.15, 0.2) is 0 Å². The van der Waals surface area contributed by atoms with Crippen LogP contribution in [-0.4, -0.2) is 475 Å². The van der Waals surface area contributed by atoms with E-state index in [4.69, 9.17) is 80.5 Å².